The van der Waals surface area contributed by atoms with E-state index in [1.54, 1.807) is 7.05 Å². The van der Waals surface area contributed by atoms with E-state index in [1.807, 2.05) is 0 Å². The Morgan fingerprint density at radius 1 is 1.43 bits per heavy atom. The highest BCUT2D eigenvalue weighted by Gasteiger charge is 2.30. The quantitative estimate of drug-likeness (QED) is 0.687. The molecule has 1 aromatic carbocycles. The molecule has 0 heterocycles. The molecule has 0 bridgehead atoms. The Balaban J connectivity index is 2.21. The minimum absolute atomic E-state index is 0.0475. The zero-order chi connectivity index (χ0) is 15.6. The molecule has 0 saturated heterocycles. The summed E-state index contributed by atoms with van der Waals surface area (Å²) in [4.78, 5) is 24.1. The maximum Gasteiger partial charge on any atom is 0.270 e. The van der Waals surface area contributed by atoms with Crippen molar-refractivity contribution in [2.45, 2.75) is 37.8 Å². The van der Waals surface area contributed by atoms with Gasteiger partial charge in [-0.25, -0.2) is 0 Å². The first kappa shape index (κ1) is 15.7. The largest absolute Gasteiger partial charge is 0.391 e. The van der Waals surface area contributed by atoms with Gasteiger partial charge >= 0.3 is 0 Å². The van der Waals surface area contributed by atoms with Gasteiger partial charge in [-0.1, -0.05) is 24.4 Å². The van der Waals surface area contributed by atoms with Crippen molar-refractivity contribution in [2.24, 2.45) is 0 Å². The molecule has 0 unspecified atom stereocenters. The smallest absolute Gasteiger partial charge is 0.270 e. The zero-order valence-electron chi connectivity index (χ0n) is 11.7. The molecule has 0 spiro atoms. The fraction of sp³-hybridized carbons (Fsp3) is 0.500. The summed E-state index contributed by atoms with van der Waals surface area (Å²) in [7, 11) is 1.62. The second kappa shape index (κ2) is 6.41. The number of hydrogen-bond acceptors (Lipinski definition) is 4. The number of amides is 1. The first-order chi connectivity index (χ1) is 9.91. The predicted octanol–water partition coefficient (Wildman–Crippen LogP) is 2.62. The van der Waals surface area contributed by atoms with Crippen LogP contribution in [0.3, 0.4) is 0 Å². The van der Waals surface area contributed by atoms with Crippen LogP contribution in [0.25, 0.3) is 0 Å². The molecule has 2 rings (SSSR count). The van der Waals surface area contributed by atoms with Crippen LogP contribution in [0.4, 0.5) is 5.69 Å². The number of non-ortho nitro benzene ring substituents is 1. The van der Waals surface area contributed by atoms with E-state index in [2.05, 4.69) is 0 Å². The molecule has 1 saturated carbocycles. The van der Waals surface area contributed by atoms with Gasteiger partial charge in [-0.3, -0.25) is 14.9 Å². The summed E-state index contributed by atoms with van der Waals surface area (Å²) in [6.45, 7) is 0. The number of carbonyl (C=O) groups is 1. The Bertz CT molecular complexity index is 564. The molecule has 0 aromatic heterocycles. The van der Waals surface area contributed by atoms with E-state index in [0.29, 0.717) is 6.42 Å². The fourth-order valence-electron chi connectivity index (χ4n) is 2.68. The van der Waals surface area contributed by atoms with Crippen LogP contribution in [0, 0.1) is 10.1 Å². The Morgan fingerprint density at radius 3 is 2.67 bits per heavy atom. The van der Waals surface area contributed by atoms with Crippen LogP contribution in [-0.4, -0.2) is 40.0 Å². The summed E-state index contributed by atoms with van der Waals surface area (Å²) < 4.78 is 0. The molecule has 1 N–H and O–H groups in total. The Kier molecular flexibility index (Phi) is 4.80. The lowest BCUT2D eigenvalue weighted by atomic mass is 9.91. The number of hydrogen-bond donors (Lipinski definition) is 1. The molecule has 1 fully saturated rings. The zero-order valence-corrected chi connectivity index (χ0v) is 12.4. The van der Waals surface area contributed by atoms with E-state index in [0.717, 1.165) is 19.3 Å². The number of likely N-dealkylation sites (N-methyl/N-ethyl adjacent to an activating group) is 1. The molecule has 1 amide bonds. The topological polar surface area (TPSA) is 83.7 Å². The lowest BCUT2D eigenvalue weighted by Crippen LogP contribution is -2.46. The second-order valence-electron chi connectivity index (χ2n) is 5.26. The van der Waals surface area contributed by atoms with Gasteiger partial charge in [0, 0.05) is 19.2 Å². The molecule has 0 aliphatic heterocycles. The Morgan fingerprint density at radius 2 is 2.10 bits per heavy atom. The van der Waals surface area contributed by atoms with Crippen molar-refractivity contribution in [3.05, 3.63) is 38.9 Å². The maximum atomic E-state index is 12.5. The van der Waals surface area contributed by atoms with Gasteiger partial charge in [-0.15, -0.1) is 0 Å². The summed E-state index contributed by atoms with van der Waals surface area (Å²) >= 11 is 5.97. The molecule has 1 aliphatic rings. The van der Waals surface area contributed by atoms with Gasteiger partial charge < -0.3 is 10.0 Å². The number of rotatable bonds is 3. The first-order valence-electron chi connectivity index (χ1n) is 6.81. The maximum absolute atomic E-state index is 12.5. The van der Waals surface area contributed by atoms with Gasteiger partial charge in [0.05, 0.1) is 27.7 Å². The molecular formula is C14H17ClN2O4. The highest BCUT2D eigenvalue weighted by molar-refractivity contribution is 6.34. The van der Waals surface area contributed by atoms with E-state index in [1.165, 1.54) is 23.1 Å². The van der Waals surface area contributed by atoms with Gasteiger partial charge in [0.1, 0.15) is 0 Å². The minimum Gasteiger partial charge on any atom is -0.391 e. The van der Waals surface area contributed by atoms with Gasteiger partial charge in [-0.2, -0.15) is 0 Å². The van der Waals surface area contributed by atoms with Gasteiger partial charge in [0.2, 0.25) is 0 Å². The molecule has 21 heavy (non-hydrogen) atoms. The van der Waals surface area contributed by atoms with Crippen LogP contribution < -0.4 is 0 Å². The standard InChI is InChI=1S/C14H17ClN2O4/c1-16(12-4-2-3-5-13(12)18)14(19)10-7-6-9(17(20)21)8-11(10)15/h6-8,12-13,18H,2-5H2,1H3/t12-,13-/m1/s1. The van der Waals surface area contributed by atoms with E-state index in [4.69, 9.17) is 11.6 Å². The second-order valence-corrected chi connectivity index (χ2v) is 5.66. The summed E-state index contributed by atoms with van der Waals surface area (Å²) in [6, 6.07) is 3.54. The van der Waals surface area contributed by atoms with Crippen molar-refractivity contribution < 1.29 is 14.8 Å². The summed E-state index contributed by atoms with van der Waals surface area (Å²) in [5.41, 5.74) is 0.0550. The average Bonchev–Trinajstić information content (AvgIpc) is 2.46. The fourth-order valence-corrected chi connectivity index (χ4v) is 2.93. The third-order valence-corrected chi connectivity index (χ3v) is 4.22. The van der Waals surface area contributed by atoms with Crippen LogP contribution in [0.2, 0.25) is 5.02 Å². The number of carbonyl (C=O) groups excluding carboxylic acids is 1. The third-order valence-electron chi connectivity index (χ3n) is 3.91. The van der Waals surface area contributed by atoms with Crippen LogP contribution >= 0.6 is 11.6 Å². The lowest BCUT2D eigenvalue weighted by Gasteiger charge is -2.35. The first-order valence-corrected chi connectivity index (χ1v) is 7.18. The van der Waals surface area contributed by atoms with Crippen molar-refractivity contribution in [3.63, 3.8) is 0 Å². The van der Waals surface area contributed by atoms with Crippen molar-refractivity contribution >= 4 is 23.2 Å². The predicted molar refractivity (Wildman–Crippen MR) is 78.5 cm³/mol. The molecular weight excluding hydrogens is 296 g/mol. The van der Waals surface area contributed by atoms with E-state index >= 15 is 0 Å². The van der Waals surface area contributed by atoms with Crippen LogP contribution in [0.15, 0.2) is 18.2 Å². The number of halogens is 1. The molecule has 1 aliphatic carbocycles. The minimum atomic E-state index is -0.561. The van der Waals surface area contributed by atoms with Crippen LogP contribution in [0.5, 0.6) is 0 Å². The molecule has 114 valence electrons. The Labute approximate surface area is 127 Å². The van der Waals surface area contributed by atoms with Crippen LogP contribution in [0.1, 0.15) is 36.0 Å². The third kappa shape index (κ3) is 3.33. The number of nitro benzene ring substituents is 1. The van der Waals surface area contributed by atoms with Gasteiger partial charge in [-0.05, 0) is 18.9 Å². The molecule has 7 heteroatoms. The van der Waals surface area contributed by atoms with E-state index in [-0.39, 0.29) is 28.2 Å². The van der Waals surface area contributed by atoms with Crippen molar-refractivity contribution in [2.75, 3.05) is 7.05 Å². The SMILES string of the molecule is CN(C(=O)c1ccc([N+](=O)[O-])cc1Cl)[C@@H]1CCCC[C@H]1O. The number of benzene rings is 1. The van der Waals surface area contributed by atoms with Crippen molar-refractivity contribution in [1.29, 1.82) is 0 Å². The van der Waals surface area contributed by atoms with E-state index in [9.17, 15) is 20.0 Å². The monoisotopic (exact) mass is 312 g/mol. The highest BCUT2D eigenvalue weighted by atomic mass is 35.5. The lowest BCUT2D eigenvalue weighted by molar-refractivity contribution is -0.384. The van der Waals surface area contributed by atoms with Gasteiger partial charge in [0.15, 0.2) is 0 Å². The van der Waals surface area contributed by atoms with Crippen molar-refractivity contribution in [1.82, 2.24) is 4.90 Å². The number of aliphatic hydroxyl groups is 1. The number of aliphatic hydroxyl groups excluding tert-OH is 1. The number of nitro groups is 1. The average molecular weight is 313 g/mol. The van der Waals surface area contributed by atoms with Gasteiger partial charge in [0.25, 0.3) is 11.6 Å². The molecule has 1 aromatic rings. The molecule has 2 atom stereocenters. The summed E-state index contributed by atoms with van der Waals surface area (Å²) in [5.74, 6) is -0.333. The van der Waals surface area contributed by atoms with Crippen molar-refractivity contribution in [3.8, 4) is 0 Å². The Hall–Kier alpha value is -1.66. The van der Waals surface area contributed by atoms with E-state index < -0.39 is 11.0 Å². The van der Waals surface area contributed by atoms with Crippen LogP contribution in [-0.2, 0) is 0 Å². The summed E-state index contributed by atoms with van der Waals surface area (Å²) in [6.07, 6.45) is 2.81. The molecule has 0 radical (unpaired) electrons. The molecule has 6 nitrogen and oxygen atoms in total. The normalized spacial score (nSPS) is 21.9. The summed E-state index contributed by atoms with van der Waals surface area (Å²) in [5, 5.41) is 20.7. The highest BCUT2D eigenvalue weighted by Crippen LogP contribution is 2.27. The number of nitrogens with zero attached hydrogens (tertiary/aromatic N) is 2.